The molecule has 0 atom stereocenters. The molecule has 2 saturated heterocycles. The molecule has 5 nitrogen and oxygen atoms in total. The van der Waals surface area contributed by atoms with E-state index in [1.165, 1.54) is 55.4 Å². The first-order valence-corrected chi connectivity index (χ1v) is 9.37. The summed E-state index contributed by atoms with van der Waals surface area (Å²) in [6.07, 6.45) is 7.84. The van der Waals surface area contributed by atoms with Crippen molar-refractivity contribution in [1.82, 2.24) is 24.3 Å². The highest BCUT2D eigenvalue weighted by molar-refractivity contribution is 7.09. The second-order valence-corrected chi connectivity index (χ2v) is 8.05. The van der Waals surface area contributed by atoms with E-state index in [0.717, 1.165) is 13.1 Å². The number of likely N-dealkylation sites (tertiary alicyclic amines) is 2. The van der Waals surface area contributed by atoms with Crippen LogP contribution in [0.1, 0.15) is 35.8 Å². The Labute approximate surface area is 142 Å². The van der Waals surface area contributed by atoms with Crippen LogP contribution in [0.5, 0.6) is 0 Å². The van der Waals surface area contributed by atoms with Crippen molar-refractivity contribution in [2.45, 2.75) is 44.8 Å². The maximum Gasteiger partial charge on any atom is 0.122 e. The number of hydrogen-bond acceptors (Lipinski definition) is 5. The Morgan fingerprint density at radius 3 is 2.52 bits per heavy atom. The average molecular weight is 331 g/mol. The molecular formula is C17H25N5S. The molecule has 2 aliphatic heterocycles. The molecule has 2 aliphatic rings. The van der Waals surface area contributed by atoms with Crippen molar-refractivity contribution in [3.8, 4) is 0 Å². The van der Waals surface area contributed by atoms with E-state index in [9.17, 15) is 0 Å². The molecule has 2 aromatic rings. The minimum absolute atomic E-state index is 0.440. The lowest BCUT2D eigenvalue weighted by Crippen LogP contribution is -2.63. The molecule has 4 heterocycles. The normalized spacial score (nSPS) is 21.7. The van der Waals surface area contributed by atoms with Gasteiger partial charge >= 0.3 is 0 Å². The molecule has 4 rings (SSSR count). The Morgan fingerprint density at radius 2 is 1.96 bits per heavy atom. The Bertz CT molecular complexity index is 668. The number of rotatable bonds is 4. The molecule has 0 saturated carbocycles. The van der Waals surface area contributed by atoms with Crippen LogP contribution in [0, 0.1) is 6.92 Å². The number of hydrogen-bond donors (Lipinski definition) is 0. The highest BCUT2D eigenvalue weighted by atomic mass is 32.1. The van der Waals surface area contributed by atoms with Gasteiger partial charge in [-0.3, -0.25) is 9.80 Å². The first kappa shape index (κ1) is 15.3. The van der Waals surface area contributed by atoms with Crippen LogP contribution < -0.4 is 0 Å². The average Bonchev–Trinajstić information content (AvgIpc) is 3.14. The van der Waals surface area contributed by atoms with E-state index in [1.54, 1.807) is 11.3 Å². The summed E-state index contributed by atoms with van der Waals surface area (Å²) in [7, 11) is 2.08. The summed E-state index contributed by atoms with van der Waals surface area (Å²) in [6.45, 7) is 7.69. The lowest BCUT2D eigenvalue weighted by Gasteiger charge is -2.56. The fourth-order valence-corrected chi connectivity index (χ4v) is 4.56. The predicted octanol–water partition coefficient (Wildman–Crippen LogP) is 2.43. The second kappa shape index (κ2) is 6.00. The Hall–Kier alpha value is -1.24. The molecule has 23 heavy (non-hydrogen) atoms. The van der Waals surface area contributed by atoms with Gasteiger partial charge in [-0.25, -0.2) is 9.97 Å². The second-order valence-electron chi connectivity index (χ2n) is 6.98. The van der Waals surface area contributed by atoms with Crippen LogP contribution in [-0.4, -0.2) is 49.5 Å². The summed E-state index contributed by atoms with van der Waals surface area (Å²) in [5.41, 5.74) is 1.69. The minimum atomic E-state index is 0.440. The number of imidazole rings is 1. The summed E-state index contributed by atoms with van der Waals surface area (Å²) in [6, 6.07) is 0. The summed E-state index contributed by atoms with van der Waals surface area (Å²) in [5, 5.41) is 3.40. The van der Waals surface area contributed by atoms with Crippen molar-refractivity contribution in [1.29, 1.82) is 0 Å². The fourth-order valence-electron chi connectivity index (χ4n) is 3.95. The van der Waals surface area contributed by atoms with E-state index >= 15 is 0 Å². The number of nitrogens with zero attached hydrogens (tertiary/aromatic N) is 5. The van der Waals surface area contributed by atoms with Gasteiger partial charge in [0, 0.05) is 56.5 Å². The number of thiazole rings is 1. The first-order valence-electron chi connectivity index (χ1n) is 8.49. The van der Waals surface area contributed by atoms with Crippen molar-refractivity contribution in [2.24, 2.45) is 7.05 Å². The monoisotopic (exact) mass is 331 g/mol. The lowest BCUT2D eigenvalue weighted by atomic mass is 9.76. The first-order chi connectivity index (χ1) is 11.1. The van der Waals surface area contributed by atoms with E-state index in [4.69, 9.17) is 0 Å². The SMILES string of the molecule is Cc1nc(CN2CCC23CCN(Cc2nccn2C)CC3)cs1. The molecule has 0 bridgehead atoms. The molecule has 6 heteroatoms. The van der Waals surface area contributed by atoms with E-state index in [1.807, 2.05) is 12.4 Å². The predicted molar refractivity (Wildman–Crippen MR) is 92.3 cm³/mol. The van der Waals surface area contributed by atoms with Crippen molar-refractivity contribution >= 4 is 11.3 Å². The summed E-state index contributed by atoms with van der Waals surface area (Å²) in [5.74, 6) is 1.17. The highest BCUT2D eigenvalue weighted by Crippen LogP contribution is 2.41. The summed E-state index contributed by atoms with van der Waals surface area (Å²) < 4.78 is 2.13. The van der Waals surface area contributed by atoms with Gasteiger partial charge in [0.2, 0.25) is 0 Å². The number of aryl methyl sites for hydroxylation is 2. The molecular weight excluding hydrogens is 306 g/mol. The van der Waals surface area contributed by atoms with Crippen molar-refractivity contribution in [3.63, 3.8) is 0 Å². The molecule has 0 amide bonds. The topological polar surface area (TPSA) is 37.2 Å². The van der Waals surface area contributed by atoms with Gasteiger partial charge in [-0.15, -0.1) is 11.3 Å². The van der Waals surface area contributed by atoms with Gasteiger partial charge in [0.25, 0.3) is 0 Å². The molecule has 0 radical (unpaired) electrons. The van der Waals surface area contributed by atoms with E-state index in [-0.39, 0.29) is 0 Å². The molecule has 0 aromatic carbocycles. The molecule has 124 valence electrons. The number of aromatic nitrogens is 3. The summed E-state index contributed by atoms with van der Waals surface area (Å²) >= 11 is 1.76. The van der Waals surface area contributed by atoms with Crippen molar-refractivity contribution in [3.05, 3.63) is 34.3 Å². The molecule has 0 aliphatic carbocycles. The largest absolute Gasteiger partial charge is 0.337 e. The van der Waals surface area contributed by atoms with Gasteiger partial charge in [-0.2, -0.15) is 0 Å². The van der Waals surface area contributed by atoms with E-state index in [0.29, 0.717) is 5.54 Å². The van der Waals surface area contributed by atoms with Crippen LogP contribution in [-0.2, 0) is 20.1 Å². The van der Waals surface area contributed by atoms with Gasteiger partial charge in [-0.1, -0.05) is 0 Å². The molecule has 2 fully saturated rings. The smallest absolute Gasteiger partial charge is 0.122 e. The van der Waals surface area contributed by atoms with Crippen LogP contribution in [0.3, 0.4) is 0 Å². The third kappa shape index (κ3) is 2.95. The van der Waals surface area contributed by atoms with Crippen molar-refractivity contribution < 1.29 is 0 Å². The zero-order chi connectivity index (χ0) is 15.9. The maximum atomic E-state index is 4.64. The molecule has 1 spiro atoms. The zero-order valence-electron chi connectivity index (χ0n) is 14.0. The van der Waals surface area contributed by atoms with Crippen LogP contribution in [0.15, 0.2) is 17.8 Å². The summed E-state index contributed by atoms with van der Waals surface area (Å²) in [4.78, 5) is 14.3. The Kier molecular flexibility index (Phi) is 3.99. The van der Waals surface area contributed by atoms with Gasteiger partial charge in [0.05, 0.1) is 17.2 Å². The van der Waals surface area contributed by atoms with E-state index < -0.39 is 0 Å². The minimum Gasteiger partial charge on any atom is -0.337 e. The van der Waals surface area contributed by atoms with Crippen LogP contribution in [0.25, 0.3) is 0 Å². The third-order valence-electron chi connectivity index (χ3n) is 5.61. The molecule has 0 N–H and O–H groups in total. The molecule has 2 aromatic heterocycles. The highest BCUT2D eigenvalue weighted by Gasteiger charge is 2.46. The van der Waals surface area contributed by atoms with Crippen LogP contribution in [0.2, 0.25) is 0 Å². The van der Waals surface area contributed by atoms with Crippen LogP contribution >= 0.6 is 11.3 Å². The quantitative estimate of drug-likeness (QED) is 0.862. The third-order valence-corrected chi connectivity index (χ3v) is 6.43. The van der Waals surface area contributed by atoms with Gasteiger partial charge in [0.15, 0.2) is 0 Å². The van der Waals surface area contributed by atoms with Crippen LogP contribution in [0.4, 0.5) is 0 Å². The molecule has 0 unspecified atom stereocenters. The zero-order valence-corrected chi connectivity index (χ0v) is 14.8. The van der Waals surface area contributed by atoms with Crippen molar-refractivity contribution in [2.75, 3.05) is 19.6 Å². The lowest BCUT2D eigenvalue weighted by molar-refractivity contribution is -0.0668. The Balaban J connectivity index is 1.34. The fraction of sp³-hybridized carbons (Fsp3) is 0.647. The standard InChI is InChI=1S/C17H25N5S/c1-14-19-15(13-23-14)11-22-9-5-17(22)3-7-21(8-4-17)12-16-18-6-10-20(16)2/h6,10,13H,3-5,7-9,11-12H2,1-2H3. The van der Waals surface area contributed by atoms with E-state index in [2.05, 4.69) is 43.7 Å². The maximum absolute atomic E-state index is 4.64. The van der Waals surface area contributed by atoms with Gasteiger partial charge < -0.3 is 4.57 Å². The van der Waals surface area contributed by atoms with Gasteiger partial charge in [0.1, 0.15) is 5.82 Å². The Morgan fingerprint density at radius 1 is 1.17 bits per heavy atom. The van der Waals surface area contributed by atoms with Gasteiger partial charge in [-0.05, 0) is 26.2 Å². The number of piperidine rings is 1.